The zero-order valence-corrected chi connectivity index (χ0v) is 15.6. The van der Waals surface area contributed by atoms with Crippen molar-refractivity contribution >= 4 is 21.6 Å². The number of hydrogen-bond acceptors (Lipinski definition) is 4. The molecule has 128 valence electrons. The van der Waals surface area contributed by atoms with Gasteiger partial charge in [-0.25, -0.2) is 0 Å². The Balaban J connectivity index is 1.74. The molecule has 1 aromatic rings. The molecule has 3 rings (SSSR count). The fourth-order valence-electron chi connectivity index (χ4n) is 3.67. The van der Waals surface area contributed by atoms with Gasteiger partial charge in [-0.15, -0.1) is 0 Å². The number of rotatable bonds is 4. The molecular weight excluding hydrogens is 354 g/mol. The minimum Gasteiger partial charge on any atom is -0.378 e. The van der Waals surface area contributed by atoms with E-state index in [1.165, 1.54) is 30.6 Å². The highest BCUT2D eigenvalue weighted by molar-refractivity contribution is 9.10. The number of nitrogens with zero attached hydrogens (tertiary/aromatic N) is 2. The molecule has 0 aromatic heterocycles. The van der Waals surface area contributed by atoms with Gasteiger partial charge in [0.2, 0.25) is 0 Å². The van der Waals surface area contributed by atoms with Crippen molar-refractivity contribution in [3.05, 3.63) is 28.2 Å². The van der Waals surface area contributed by atoms with Crippen molar-refractivity contribution < 1.29 is 4.74 Å². The van der Waals surface area contributed by atoms with E-state index in [-0.39, 0.29) is 0 Å². The van der Waals surface area contributed by atoms with E-state index in [2.05, 4.69) is 50.9 Å². The molecule has 0 spiro atoms. The van der Waals surface area contributed by atoms with Crippen molar-refractivity contribution in [2.45, 2.75) is 32.4 Å². The van der Waals surface area contributed by atoms with Crippen LogP contribution in [-0.2, 0) is 11.3 Å². The number of anilines is 1. The third-order valence-corrected chi connectivity index (χ3v) is 5.57. The highest BCUT2D eigenvalue weighted by Crippen LogP contribution is 2.29. The van der Waals surface area contributed by atoms with E-state index >= 15 is 0 Å². The molecule has 2 fully saturated rings. The lowest BCUT2D eigenvalue weighted by molar-refractivity contribution is 0.122. The smallest absolute Gasteiger partial charge is 0.0642 e. The Bertz CT molecular complexity index is 517. The van der Waals surface area contributed by atoms with Gasteiger partial charge >= 0.3 is 0 Å². The lowest BCUT2D eigenvalue weighted by Gasteiger charge is -2.36. The van der Waals surface area contributed by atoms with Crippen LogP contribution in [0.2, 0.25) is 0 Å². The number of benzene rings is 1. The third-order valence-electron chi connectivity index (χ3n) is 5.08. The molecule has 0 saturated carbocycles. The van der Waals surface area contributed by atoms with E-state index in [0.717, 1.165) is 43.9 Å². The van der Waals surface area contributed by atoms with E-state index in [1.807, 2.05) is 0 Å². The Morgan fingerprint density at radius 1 is 1.30 bits per heavy atom. The fourth-order valence-corrected chi connectivity index (χ4v) is 4.02. The van der Waals surface area contributed by atoms with Gasteiger partial charge in [-0.3, -0.25) is 4.90 Å². The molecule has 0 amide bonds. The summed E-state index contributed by atoms with van der Waals surface area (Å²) in [4.78, 5) is 5.03. The number of morpholine rings is 1. The first-order chi connectivity index (χ1) is 11.1. The zero-order chi connectivity index (χ0) is 16.2. The van der Waals surface area contributed by atoms with Crippen LogP contribution in [0, 0.1) is 5.92 Å². The van der Waals surface area contributed by atoms with Crippen LogP contribution in [0.1, 0.15) is 25.3 Å². The fraction of sp³-hybridized carbons (Fsp3) is 0.667. The molecule has 2 N–H and O–H groups in total. The van der Waals surface area contributed by atoms with Gasteiger partial charge in [0.1, 0.15) is 0 Å². The highest BCUT2D eigenvalue weighted by atomic mass is 79.9. The normalized spacial score (nSPS) is 24.7. The molecule has 0 radical (unpaired) electrons. The molecule has 4 nitrogen and oxygen atoms in total. The summed E-state index contributed by atoms with van der Waals surface area (Å²) >= 11 is 3.63. The molecule has 0 aliphatic carbocycles. The lowest BCUT2D eigenvalue weighted by Crippen LogP contribution is -2.42. The summed E-state index contributed by atoms with van der Waals surface area (Å²) in [5, 5.41) is 0. The van der Waals surface area contributed by atoms with Gasteiger partial charge in [0.25, 0.3) is 0 Å². The summed E-state index contributed by atoms with van der Waals surface area (Å²) in [7, 11) is 0. The monoisotopic (exact) mass is 381 g/mol. The standard InChI is InChI=1S/C18H28BrN3O/c1-14(20)15-3-2-6-21(12-15)13-16-4-5-17(19)11-18(16)22-7-9-23-10-8-22/h4-5,11,14-15H,2-3,6-10,12-13,20H2,1H3. The van der Waals surface area contributed by atoms with Crippen LogP contribution < -0.4 is 10.6 Å². The Morgan fingerprint density at radius 3 is 2.83 bits per heavy atom. The number of ether oxygens (including phenoxy) is 1. The van der Waals surface area contributed by atoms with Crippen LogP contribution in [0.25, 0.3) is 0 Å². The van der Waals surface area contributed by atoms with Crippen molar-refractivity contribution in [3.63, 3.8) is 0 Å². The summed E-state index contributed by atoms with van der Waals surface area (Å²) in [6, 6.07) is 6.98. The van der Waals surface area contributed by atoms with Crippen molar-refractivity contribution in [2.75, 3.05) is 44.3 Å². The Hall–Kier alpha value is -0.620. The van der Waals surface area contributed by atoms with E-state index in [9.17, 15) is 0 Å². The van der Waals surface area contributed by atoms with Crippen LogP contribution in [0.5, 0.6) is 0 Å². The molecule has 2 aliphatic rings. The minimum atomic E-state index is 0.293. The van der Waals surface area contributed by atoms with E-state index in [0.29, 0.717) is 12.0 Å². The lowest BCUT2D eigenvalue weighted by atomic mass is 9.92. The minimum absolute atomic E-state index is 0.293. The van der Waals surface area contributed by atoms with Crippen molar-refractivity contribution in [1.29, 1.82) is 0 Å². The summed E-state index contributed by atoms with van der Waals surface area (Å²) in [6.45, 7) is 9.07. The number of halogens is 1. The Morgan fingerprint density at radius 2 is 2.09 bits per heavy atom. The Kier molecular flexibility index (Phi) is 5.96. The summed E-state index contributed by atoms with van der Waals surface area (Å²) in [5.41, 5.74) is 8.90. The van der Waals surface area contributed by atoms with Crippen LogP contribution >= 0.6 is 15.9 Å². The number of nitrogens with two attached hydrogens (primary N) is 1. The summed E-state index contributed by atoms with van der Waals surface area (Å²) in [6.07, 6.45) is 2.53. The van der Waals surface area contributed by atoms with Crippen LogP contribution in [-0.4, -0.2) is 50.3 Å². The van der Waals surface area contributed by atoms with Gasteiger partial charge in [-0.1, -0.05) is 22.0 Å². The van der Waals surface area contributed by atoms with E-state index in [1.54, 1.807) is 0 Å². The molecule has 1 aromatic carbocycles. The molecule has 2 saturated heterocycles. The molecule has 2 atom stereocenters. The SMILES string of the molecule is CC(N)C1CCCN(Cc2ccc(Br)cc2N2CCOCC2)C1. The molecule has 2 aliphatic heterocycles. The summed E-state index contributed by atoms with van der Waals surface area (Å²) in [5.74, 6) is 0.631. The first kappa shape index (κ1) is 17.2. The third kappa shape index (κ3) is 4.47. The Labute approximate surface area is 148 Å². The maximum Gasteiger partial charge on any atom is 0.0642 e. The quantitative estimate of drug-likeness (QED) is 0.870. The topological polar surface area (TPSA) is 41.7 Å². The van der Waals surface area contributed by atoms with Gasteiger partial charge in [-0.2, -0.15) is 0 Å². The van der Waals surface area contributed by atoms with Gasteiger partial charge in [0.15, 0.2) is 0 Å². The average Bonchev–Trinajstić information content (AvgIpc) is 2.57. The van der Waals surface area contributed by atoms with Crippen molar-refractivity contribution in [3.8, 4) is 0 Å². The molecule has 2 heterocycles. The van der Waals surface area contributed by atoms with E-state index in [4.69, 9.17) is 10.5 Å². The average molecular weight is 382 g/mol. The molecule has 5 heteroatoms. The first-order valence-electron chi connectivity index (χ1n) is 8.72. The molecular formula is C18H28BrN3O. The van der Waals surface area contributed by atoms with Crippen LogP contribution in [0.15, 0.2) is 22.7 Å². The van der Waals surface area contributed by atoms with E-state index < -0.39 is 0 Å². The van der Waals surface area contributed by atoms with Crippen molar-refractivity contribution in [1.82, 2.24) is 4.90 Å². The summed E-state index contributed by atoms with van der Waals surface area (Å²) < 4.78 is 6.65. The maximum absolute atomic E-state index is 6.13. The second-order valence-corrected chi connectivity index (χ2v) is 7.78. The van der Waals surface area contributed by atoms with Crippen molar-refractivity contribution in [2.24, 2.45) is 11.7 Å². The van der Waals surface area contributed by atoms with Gasteiger partial charge in [0.05, 0.1) is 13.2 Å². The van der Waals surface area contributed by atoms with Gasteiger partial charge < -0.3 is 15.4 Å². The number of hydrogen-bond donors (Lipinski definition) is 1. The zero-order valence-electron chi connectivity index (χ0n) is 14.0. The molecule has 23 heavy (non-hydrogen) atoms. The van der Waals surface area contributed by atoms with Crippen LogP contribution in [0.4, 0.5) is 5.69 Å². The first-order valence-corrected chi connectivity index (χ1v) is 9.52. The second kappa shape index (κ2) is 7.97. The molecule has 2 unspecified atom stereocenters. The highest BCUT2D eigenvalue weighted by Gasteiger charge is 2.24. The number of likely N-dealkylation sites (tertiary alicyclic amines) is 1. The maximum atomic E-state index is 6.13. The largest absolute Gasteiger partial charge is 0.378 e. The second-order valence-electron chi connectivity index (χ2n) is 6.87. The number of piperidine rings is 1. The molecule has 0 bridgehead atoms. The van der Waals surface area contributed by atoms with Crippen LogP contribution in [0.3, 0.4) is 0 Å². The van der Waals surface area contributed by atoms with Gasteiger partial charge in [-0.05, 0) is 49.9 Å². The van der Waals surface area contributed by atoms with Gasteiger partial charge in [0, 0.05) is 42.4 Å². The predicted molar refractivity (Wildman–Crippen MR) is 98.8 cm³/mol. The predicted octanol–water partition coefficient (Wildman–Crippen LogP) is 2.84.